The SMILES string of the molecule is CC(C)[S+]([O-])N1CCCC1COC(=O)NC(Cc1coc2ccccc12)B1OC2CC3CC(C3(C)C)[C@]2(C)O1. The van der Waals surface area contributed by atoms with Crippen molar-refractivity contribution >= 4 is 35.5 Å². The fraction of sp³-hybridized carbons (Fsp3) is 0.690. The normalized spacial score (nSPS) is 33.2. The number of alkyl carbamates (subject to hydrolysis) is 1. The Bertz CT molecular complexity index is 1210. The van der Waals surface area contributed by atoms with Crippen LogP contribution in [0.2, 0.25) is 0 Å². The highest BCUT2D eigenvalue weighted by Crippen LogP contribution is 2.65. The molecule has 1 amide bonds. The highest BCUT2D eigenvalue weighted by molar-refractivity contribution is 7.89. The van der Waals surface area contributed by atoms with Crippen molar-refractivity contribution in [2.24, 2.45) is 17.3 Å². The second kappa shape index (κ2) is 10.3. The summed E-state index contributed by atoms with van der Waals surface area (Å²) >= 11 is -1.08. The number of nitrogens with one attached hydrogen (secondary N) is 1. The Morgan fingerprint density at radius 2 is 2.08 bits per heavy atom. The van der Waals surface area contributed by atoms with Gasteiger partial charge in [0.25, 0.3) is 0 Å². The van der Waals surface area contributed by atoms with E-state index in [9.17, 15) is 9.35 Å². The van der Waals surface area contributed by atoms with Gasteiger partial charge in [0.1, 0.15) is 17.4 Å². The predicted octanol–water partition coefficient (Wildman–Crippen LogP) is 4.87. The number of amides is 1. The van der Waals surface area contributed by atoms with Crippen LogP contribution < -0.4 is 5.32 Å². The van der Waals surface area contributed by atoms with E-state index in [0.29, 0.717) is 18.3 Å². The van der Waals surface area contributed by atoms with Crippen molar-refractivity contribution in [3.05, 3.63) is 36.1 Å². The van der Waals surface area contributed by atoms with E-state index in [1.54, 1.807) is 6.26 Å². The van der Waals surface area contributed by atoms with Crippen molar-refractivity contribution in [2.75, 3.05) is 13.2 Å². The molecular formula is C29H41BN2O6S. The minimum absolute atomic E-state index is 0.0127. The number of benzene rings is 1. The van der Waals surface area contributed by atoms with Crippen LogP contribution in [0, 0.1) is 17.3 Å². The first kappa shape index (κ1) is 27.5. The highest BCUT2D eigenvalue weighted by Gasteiger charge is 2.68. The van der Waals surface area contributed by atoms with Gasteiger partial charge in [-0.25, -0.2) is 4.79 Å². The average molecular weight is 557 g/mol. The number of furan rings is 1. The second-order valence-electron chi connectivity index (χ2n) is 12.9. The minimum Gasteiger partial charge on any atom is -0.598 e. The van der Waals surface area contributed by atoms with Gasteiger partial charge in [-0.05, 0) is 81.8 Å². The maximum Gasteiger partial charge on any atom is 0.482 e. The summed E-state index contributed by atoms with van der Waals surface area (Å²) in [7, 11) is -0.590. The molecule has 8 nitrogen and oxygen atoms in total. The third kappa shape index (κ3) is 4.80. The minimum atomic E-state index is -1.08. The van der Waals surface area contributed by atoms with Gasteiger partial charge in [0, 0.05) is 23.3 Å². The number of ether oxygens (including phenoxy) is 1. The number of nitrogens with zero attached hydrogens (tertiary/aromatic N) is 1. The number of hydrogen-bond acceptors (Lipinski definition) is 7. The predicted molar refractivity (Wildman–Crippen MR) is 151 cm³/mol. The Labute approximate surface area is 234 Å². The zero-order valence-corrected chi connectivity index (χ0v) is 24.5. The van der Waals surface area contributed by atoms with Gasteiger partial charge in [-0.15, -0.1) is 4.31 Å². The van der Waals surface area contributed by atoms with Gasteiger partial charge in [-0.2, -0.15) is 0 Å². The lowest BCUT2D eigenvalue weighted by Gasteiger charge is -2.64. The summed E-state index contributed by atoms with van der Waals surface area (Å²) in [6.07, 6.45) is 5.71. The molecule has 5 fully saturated rings. The second-order valence-corrected chi connectivity index (χ2v) is 14.9. The molecule has 6 unspecified atom stereocenters. The van der Waals surface area contributed by atoms with Crippen molar-refractivity contribution < 1.29 is 27.8 Å². The van der Waals surface area contributed by atoms with E-state index in [-0.39, 0.29) is 35.0 Å². The lowest BCUT2D eigenvalue weighted by molar-refractivity contribution is -0.199. The van der Waals surface area contributed by atoms with Gasteiger partial charge in [0.15, 0.2) is 0 Å². The van der Waals surface area contributed by atoms with Crippen LogP contribution in [0.3, 0.4) is 0 Å². The van der Waals surface area contributed by atoms with Crippen molar-refractivity contribution in [3.8, 4) is 0 Å². The van der Waals surface area contributed by atoms with Gasteiger partial charge in [-0.1, -0.05) is 32.0 Å². The average Bonchev–Trinajstić information content (AvgIpc) is 3.62. The van der Waals surface area contributed by atoms with E-state index in [1.165, 1.54) is 0 Å². The smallest absolute Gasteiger partial charge is 0.482 e. The number of rotatable bonds is 8. The number of para-hydroxylation sites is 1. The van der Waals surface area contributed by atoms with Crippen molar-refractivity contribution in [3.63, 3.8) is 0 Å². The Kier molecular flexibility index (Phi) is 7.24. The summed E-state index contributed by atoms with van der Waals surface area (Å²) in [6.45, 7) is 11.7. The first-order valence-electron chi connectivity index (χ1n) is 14.5. The number of fused-ring (bicyclic) bond motifs is 1. The van der Waals surface area contributed by atoms with E-state index in [4.69, 9.17) is 18.5 Å². The molecule has 1 N–H and O–H groups in total. The summed E-state index contributed by atoms with van der Waals surface area (Å²) < 4.78 is 39.5. The van der Waals surface area contributed by atoms with E-state index < -0.39 is 30.5 Å². The zero-order valence-electron chi connectivity index (χ0n) is 23.7. The fourth-order valence-electron chi connectivity index (χ4n) is 7.56. The maximum atomic E-state index is 13.2. The molecule has 10 heteroatoms. The van der Waals surface area contributed by atoms with Crippen LogP contribution in [0.4, 0.5) is 4.79 Å². The van der Waals surface area contributed by atoms with Gasteiger partial charge < -0.3 is 28.3 Å². The van der Waals surface area contributed by atoms with Crippen molar-refractivity contribution in [1.82, 2.24) is 9.62 Å². The number of carbonyl (C=O) groups is 1. The molecule has 2 bridgehead atoms. The Hall–Kier alpha value is -1.72. The Morgan fingerprint density at radius 1 is 1.28 bits per heavy atom. The summed E-state index contributed by atoms with van der Waals surface area (Å²) in [5.74, 6) is 0.616. The van der Waals surface area contributed by atoms with Crippen LogP contribution in [0.15, 0.2) is 34.9 Å². The van der Waals surface area contributed by atoms with Gasteiger partial charge in [0.05, 0.1) is 30.0 Å². The monoisotopic (exact) mass is 556 g/mol. The molecule has 2 saturated heterocycles. The van der Waals surface area contributed by atoms with Crippen LogP contribution in [-0.4, -0.2) is 64.2 Å². The molecule has 3 heterocycles. The van der Waals surface area contributed by atoms with Crippen LogP contribution in [-0.2, 0) is 31.8 Å². The molecule has 212 valence electrons. The Morgan fingerprint density at radius 3 is 2.85 bits per heavy atom. The summed E-state index contributed by atoms with van der Waals surface area (Å²) in [5.41, 5.74) is 1.65. The number of carbonyl (C=O) groups excluding carboxylic acids is 1. The molecule has 1 aromatic carbocycles. The molecule has 7 rings (SSSR count). The molecule has 2 aromatic rings. The molecule has 7 atom stereocenters. The molecular weight excluding hydrogens is 515 g/mol. The summed E-state index contributed by atoms with van der Waals surface area (Å²) in [6, 6.07) is 7.87. The topological polar surface area (TPSA) is 96.2 Å². The maximum absolute atomic E-state index is 13.2. The molecule has 39 heavy (non-hydrogen) atoms. The van der Waals surface area contributed by atoms with Crippen LogP contribution in [0.1, 0.15) is 65.9 Å². The quantitative estimate of drug-likeness (QED) is 0.366. The third-order valence-electron chi connectivity index (χ3n) is 9.97. The molecule has 5 aliphatic rings. The lowest BCUT2D eigenvalue weighted by atomic mass is 9.43. The lowest BCUT2D eigenvalue weighted by Crippen LogP contribution is -2.65. The molecule has 0 radical (unpaired) electrons. The van der Waals surface area contributed by atoms with E-state index >= 15 is 0 Å². The highest BCUT2D eigenvalue weighted by atomic mass is 32.2. The molecule has 0 spiro atoms. The van der Waals surface area contributed by atoms with Crippen LogP contribution in [0.5, 0.6) is 0 Å². The third-order valence-corrected chi connectivity index (χ3v) is 11.7. The van der Waals surface area contributed by atoms with Crippen LogP contribution in [0.25, 0.3) is 11.0 Å². The van der Waals surface area contributed by atoms with Gasteiger partial charge in [-0.3, -0.25) is 0 Å². The van der Waals surface area contributed by atoms with E-state index in [1.807, 2.05) is 42.4 Å². The molecule has 2 aliphatic heterocycles. The number of hydrogen-bond donors (Lipinski definition) is 1. The summed E-state index contributed by atoms with van der Waals surface area (Å²) in [5, 5.41) is 4.13. The first-order chi connectivity index (χ1) is 18.6. The van der Waals surface area contributed by atoms with Gasteiger partial charge in [0.2, 0.25) is 0 Å². The van der Waals surface area contributed by atoms with E-state index in [0.717, 1.165) is 48.8 Å². The Balaban J connectivity index is 1.17. The van der Waals surface area contributed by atoms with Crippen molar-refractivity contribution in [1.29, 1.82) is 0 Å². The van der Waals surface area contributed by atoms with Crippen molar-refractivity contribution in [2.45, 2.75) is 95.7 Å². The van der Waals surface area contributed by atoms with Crippen LogP contribution >= 0.6 is 0 Å². The van der Waals surface area contributed by atoms with Gasteiger partial charge >= 0.3 is 13.2 Å². The zero-order chi connectivity index (χ0) is 27.5. The van der Waals surface area contributed by atoms with E-state index in [2.05, 4.69) is 26.1 Å². The molecule has 3 saturated carbocycles. The first-order valence-corrected chi connectivity index (χ1v) is 15.6. The summed E-state index contributed by atoms with van der Waals surface area (Å²) in [4.78, 5) is 13.2. The fourth-order valence-corrected chi connectivity index (χ4v) is 8.87. The largest absolute Gasteiger partial charge is 0.598 e. The standard InChI is InChI=1S/C29H41BN2O6S/c1-18(2)39(34)32-12-8-9-21(32)17-36-27(33)31-26(13-19-16-35-23-11-7-6-10-22(19)23)30-37-25-15-20-14-24(28(20,3)4)29(25,5)38-30/h6-7,10-11,16,18,20-21,24-26H,8-9,12-15,17H2,1-5H3,(H,31,33)/t20?,21?,24?,25?,26?,29-,39?/m0/s1. The molecule has 1 aromatic heterocycles. The molecule has 3 aliphatic carbocycles.